The van der Waals surface area contributed by atoms with Crippen molar-refractivity contribution in [3.63, 3.8) is 0 Å². The van der Waals surface area contributed by atoms with Gasteiger partial charge in [0.05, 0.1) is 24.7 Å². The molecule has 0 bridgehead atoms. The number of aromatic nitrogens is 1. The molecule has 1 aliphatic rings. The third-order valence-electron chi connectivity index (χ3n) is 3.34. The summed E-state index contributed by atoms with van der Waals surface area (Å²) in [6, 6.07) is 2.75. The summed E-state index contributed by atoms with van der Waals surface area (Å²) < 4.78 is 5.03. The Labute approximate surface area is 111 Å². The van der Waals surface area contributed by atoms with Gasteiger partial charge in [-0.25, -0.2) is 0 Å². The van der Waals surface area contributed by atoms with Gasteiger partial charge in [0.15, 0.2) is 0 Å². The molecule has 0 spiro atoms. The number of nitro groups is 1. The fraction of sp³-hybridized carbons (Fsp3) is 0.583. The van der Waals surface area contributed by atoms with E-state index in [0.29, 0.717) is 12.4 Å². The predicted octanol–water partition coefficient (Wildman–Crippen LogP) is 1.35. The number of ether oxygens (including phenoxy) is 1. The summed E-state index contributed by atoms with van der Waals surface area (Å²) in [5, 5.41) is 20.5. The molecular formula is C12H17N3O4. The Morgan fingerprint density at radius 3 is 3.00 bits per heavy atom. The van der Waals surface area contributed by atoms with Crippen LogP contribution in [0.3, 0.4) is 0 Å². The van der Waals surface area contributed by atoms with Gasteiger partial charge in [0.25, 0.3) is 0 Å². The molecule has 19 heavy (non-hydrogen) atoms. The van der Waals surface area contributed by atoms with Gasteiger partial charge in [-0.15, -0.1) is 0 Å². The minimum Gasteiger partial charge on any atom is -0.481 e. The molecule has 1 saturated heterocycles. The Kier molecular flexibility index (Phi) is 4.16. The molecule has 0 saturated carbocycles. The molecule has 2 heterocycles. The molecule has 1 N–H and O–H groups in total. The Balaban J connectivity index is 2.42. The van der Waals surface area contributed by atoms with Crippen LogP contribution in [0.2, 0.25) is 0 Å². The fourth-order valence-corrected chi connectivity index (χ4v) is 2.36. The molecule has 7 nitrogen and oxygen atoms in total. The lowest BCUT2D eigenvalue weighted by molar-refractivity contribution is -0.384. The maximum absolute atomic E-state index is 11.1. The zero-order valence-corrected chi connectivity index (χ0v) is 10.8. The van der Waals surface area contributed by atoms with Gasteiger partial charge < -0.3 is 14.7 Å². The van der Waals surface area contributed by atoms with Crippen LogP contribution in [-0.2, 0) is 0 Å². The molecule has 0 aliphatic carbocycles. The van der Waals surface area contributed by atoms with Gasteiger partial charge in [-0.1, -0.05) is 0 Å². The van der Waals surface area contributed by atoms with Crippen LogP contribution in [0.25, 0.3) is 0 Å². The van der Waals surface area contributed by atoms with Crippen molar-refractivity contribution in [2.45, 2.75) is 25.3 Å². The molecule has 0 amide bonds. The molecule has 0 radical (unpaired) electrons. The standard InChI is InChI=1S/C12H17N3O4/c1-19-11-6-5-10(15(17)18)12(13-11)14-7-3-2-4-9(14)8-16/h5-6,9,16H,2-4,7-8H2,1H3. The fourth-order valence-electron chi connectivity index (χ4n) is 2.36. The second kappa shape index (κ2) is 5.83. The third-order valence-corrected chi connectivity index (χ3v) is 3.34. The zero-order valence-electron chi connectivity index (χ0n) is 10.8. The maximum atomic E-state index is 11.1. The lowest BCUT2D eigenvalue weighted by atomic mass is 10.0. The summed E-state index contributed by atoms with van der Waals surface area (Å²) in [5.74, 6) is 0.617. The highest BCUT2D eigenvalue weighted by Gasteiger charge is 2.29. The van der Waals surface area contributed by atoms with Crippen LogP contribution in [0.4, 0.5) is 11.5 Å². The SMILES string of the molecule is COc1ccc([N+](=O)[O-])c(N2CCCCC2CO)n1. The minimum atomic E-state index is -0.454. The van der Waals surface area contributed by atoms with E-state index in [4.69, 9.17) is 4.74 Å². The quantitative estimate of drug-likeness (QED) is 0.654. The number of aliphatic hydroxyl groups is 1. The predicted molar refractivity (Wildman–Crippen MR) is 69.5 cm³/mol. The van der Waals surface area contributed by atoms with Crippen molar-refractivity contribution in [3.05, 3.63) is 22.2 Å². The molecule has 7 heteroatoms. The second-order valence-electron chi connectivity index (χ2n) is 4.48. The number of methoxy groups -OCH3 is 1. The van der Waals surface area contributed by atoms with Crippen molar-refractivity contribution in [2.75, 3.05) is 25.2 Å². The number of hydrogen-bond acceptors (Lipinski definition) is 6. The molecule has 1 aliphatic heterocycles. The number of hydrogen-bond donors (Lipinski definition) is 1. The van der Waals surface area contributed by atoms with Crippen LogP contribution in [-0.4, -0.2) is 41.3 Å². The first-order chi connectivity index (χ1) is 9.17. The van der Waals surface area contributed by atoms with Crippen molar-refractivity contribution in [1.82, 2.24) is 4.98 Å². The number of nitrogens with zero attached hydrogens (tertiary/aromatic N) is 3. The molecule has 104 valence electrons. The number of pyridine rings is 1. The van der Waals surface area contributed by atoms with E-state index in [1.54, 1.807) is 0 Å². The second-order valence-corrected chi connectivity index (χ2v) is 4.48. The van der Waals surface area contributed by atoms with Crippen LogP contribution < -0.4 is 9.64 Å². The smallest absolute Gasteiger partial charge is 0.311 e. The van der Waals surface area contributed by atoms with Crippen molar-refractivity contribution in [3.8, 4) is 5.88 Å². The highest BCUT2D eigenvalue weighted by molar-refractivity contribution is 5.59. The summed E-state index contributed by atoms with van der Waals surface area (Å²) in [7, 11) is 1.47. The number of anilines is 1. The first kappa shape index (κ1) is 13.5. The van der Waals surface area contributed by atoms with Crippen molar-refractivity contribution in [1.29, 1.82) is 0 Å². The van der Waals surface area contributed by atoms with E-state index in [1.165, 1.54) is 19.2 Å². The molecular weight excluding hydrogens is 250 g/mol. The van der Waals surface area contributed by atoms with Gasteiger partial charge in [-0.05, 0) is 19.3 Å². The average molecular weight is 267 g/mol. The summed E-state index contributed by atoms with van der Waals surface area (Å²) in [4.78, 5) is 16.6. The number of rotatable bonds is 4. The highest BCUT2D eigenvalue weighted by atomic mass is 16.6. The van der Waals surface area contributed by atoms with Gasteiger partial charge >= 0.3 is 5.69 Å². The van der Waals surface area contributed by atoms with E-state index >= 15 is 0 Å². The highest BCUT2D eigenvalue weighted by Crippen LogP contribution is 2.32. The Bertz CT molecular complexity index is 466. The Hall–Kier alpha value is -1.89. The lowest BCUT2D eigenvalue weighted by Gasteiger charge is -2.35. The molecule has 1 fully saturated rings. The van der Waals surface area contributed by atoms with E-state index < -0.39 is 4.92 Å². The Morgan fingerprint density at radius 2 is 2.37 bits per heavy atom. The van der Waals surface area contributed by atoms with E-state index in [9.17, 15) is 15.2 Å². The van der Waals surface area contributed by atoms with Gasteiger partial charge in [0.2, 0.25) is 11.7 Å². The van der Waals surface area contributed by atoms with Gasteiger partial charge in [-0.2, -0.15) is 4.98 Å². The summed E-state index contributed by atoms with van der Waals surface area (Å²) in [6.45, 7) is 0.627. The first-order valence-corrected chi connectivity index (χ1v) is 6.24. The minimum absolute atomic E-state index is 0.0317. The zero-order chi connectivity index (χ0) is 13.8. The molecule has 1 aromatic rings. The van der Waals surface area contributed by atoms with Gasteiger partial charge in [0.1, 0.15) is 0 Å². The average Bonchev–Trinajstić information content (AvgIpc) is 2.46. The molecule has 0 aromatic carbocycles. The normalized spacial score (nSPS) is 19.3. The van der Waals surface area contributed by atoms with Crippen LogP contribution in [0, 0.1) is 10.1 Å². The number of aliphatic hydroxyl groups excluding tert-OH is 1. The topological polar surface area (TPSA) is 88.7 Å². The third kappa shape index (κ3) is 2.76. The van der Waals surface area contributed by atoms with Crippen molar-refractivity contribution >= 4 is 11.5 Å². The molecule has 1 unspecified atom stereocenters. The van der Waals surface area contributed by atoms with Crippen molar-refractivity contribution in [2.24, 2.45) is 0 Å². The number of piperidine rings is 1. The Morgan fingerprint density at radius 1 is 1.58 bits per heavy atom. The monoisotopic (exact) mass is 267 g/mol. The van der Waals surface area contributed by atoms with E-state index in [0.717, 1.165) is 19.3 Å². The first-order valence-electron chi connectivity index (χ1n) is 6.24. The van der Waals surface area contributed by atoms with Crippen LogP contribution >= 0.6 is 0 Å². The van der Waals surface area contributed by atoms with E-state index in [-0.39, 0.29) is 24.2 Å². The summed E-state index contributed by atoms with van der Waals surface area (Å²) in [5.41, 5.74) is -0.0545. The maximum Gasteiger partial charge on any atom is 0.311 e. The van der Waals surface area contributed by atoms with Crippen LogP contribution in [0.15, 0.2) is 12.1 Å². The van der Waals surface area contributed by atoms with E-state index in [2.05, 4.69) is 4.98 Å². The molecule has 1 aromatic heterocycles. The van der Waals surface area contributed by atoms with Crippen LogP contribution in [0.5, 0.6) is 5.88 Å². The van der Waals surface area contributed by atoms with Crippen molar-refractivity contribution < 1.29 is 14.8 Å². The van der Waals surface area contributed by atoms with Gasteiger partial charge in [0, 0.05) is 18.7 Å². The summed E-state index contributed by atoms with van der Waals surface area (Å²) >= 11 is 0. The largest absolute Gasteiger partial charge is 0.481 e. The molecule has 1 atom stereocenters. The summed E-state index contributed by atoms with van der Waals surface area (Å²) in [6.07, 6.45) is 2.76. The van der Waals surface area contributed by atoms with Crippen LogP contribution in [0.1, 0.15) is 19.3 Å². The van der Waals surface area contributed by atoms with Gasteiger partial charge in [-0.3, -0.25) is 10.1 Å². The molecule has 2 rings (SSSR count). The van der Waals surface area contributed by atoms with E-state index in [1.807, 2.05) is 4.90 Å². The lowest BCUT2D eigenvalue weighted by Crippen LogP contribution is -2.42.